The van der Waals surface area contributed by atoms with Crippen LogP contribution in [0.1, 0.15) is 68.8 Å². The molecule has 0 saturated heterocycles. The number of carbonyl (C=O) groups is 1. The molecule has 3 rings (SSSR count). The highest BCUT2D eigenvalue weighted by molar-refractivity contribution is 5.73. The van der Waals surface area contributed by atoms with Crippen LogP contribution in [0.25, 0.3) is 0 Å². The van der Waals surface area contributed by atoms with Crippen LogP contribution in [-0.4, -0.2) is 29.7 Å². The van der Waals surface area contributed by atoms with Crippen LogP contribution in [0.4, 0.5) is 8.78 Å². The van der Waals surface area contributed by atoms with Crippen molar-refractivity contribution in [2.45, 2.75) is 78.0 Å². The first kappa shape index (κ1) is 25.3. The Bertz CT molecular complexity index is 951. The van der Waals surface area contributed by atoms with Crippen molar-refractivity contribution in [3.05, 3.63) is 70.3 Å². The van der Waals surface area contributed by atoms with Gasteiger partial charge >= 0.3 is 0 Å². The zero-order valence-electron chi connectivity index (χ0n) is 20.1. The van der Waals surface area contributed by atoms with Crippen LogP contribution >= 0.6 is 0 Å². The van der Waals surface area contributed by atoms with E-state index in [2.05, 4.69) is 49.6 Å². The molecule has 6 heteroatoms. The number of hydrogen-bond donors (Lipinski definition) is 3. The summed E-state index contributed by atoms with van der Waals surface area (Å²) in [5.41, 5.74) is 4.50. The summed E-state index contributed by atoms with van der Waals surface area (Å²) in [6.07, 6.45) is 3.29. The number of hydrogen-bond acceptors (Lipinski definition) is 3. The lowest BCUT2D eigenvalue weighted by atomic mass is 9.82. The maximum absolute atomic E-state index is 13.6. The van der Waals surface area contributed by atoms with Crippen LogP contribution in [0.3, 0.4) is 0 Å². The molecule has 180 valence electrons. The van der Waals surface area contributed by atoms with E-state index in [4.69, 9.17) is 0 Å². The lowest BCUT2D eigenvalue weighted by Gasteiger charge is -2.31. The van der Waals surface area contributed by atoms with Gasteiger partial charge in [-0.1, -0.05) is 39.0 Å². The van der Waals surface area contributed by atoms with Gasteiger partial charge in [0.15, 0.2) is 0 Å². The van der Waals surface area contributed by atoms with Crippen molar-refractivity contribution in [3.8, 4) is 0 Å². The van der Waals surface area contributed by atoms with Crippen molar-refractivity contribution in [1.29, 1.82) is 0 Å². The first-order chi connectivity index (χ1) is 15.5. The minimum Gasteiger partial charge on any atom is -0.390 e. The third-order valence-corrected chi connectivity index (χ3v) is 6.06. The Balaban J connectivity index is 1.70. The first-order valence-corrected chi connectivity index (χ1v) is 11.8. The molecule has 0 radical (unpaired) electrons. The van der Waals surface area contributed by atoms with Gasteiger partial charge in [0.1, 0.15) is 11.6 Å². The number of rotatable bonds is 8. The summed E-state index contributed by atoms with van der Waals surface area (Å²) >= 11 is 0. The average molecular weight is 459 g/mol. The predicted octanol–water partition coefficient (Wildman–Crippen LogP) is 4.63. The number of aryl methyl sites for hydroxylation is 1. The summed E-state index contributed by atoms with van der Waals surface area (Å²) in [6.45, 7) is 8.31. The molecule has 3 atom stereocenters. The Hall–Kier alpha value is -2.31. The molecule has 1 aliphatic rings. The van der Waals surface area contributed by atoms with Gasteiger partial charge in [-0.05, 0) is 71.9 Å². The summed E-state index contributed by atoms with van der Waals surface area (Å²) in [7, 11) is 0. The van der Waals surface area contributed by atoms with E-state index >= 15 is 0 Å². The molecular weight excluding hydrogens is 422 g/mol. The van der Waals surface area contributed by atoms with Crippen LogP contribution in [-0.2, 0) is 24.1 Å². The summed E-state index contributed by atoms with van der Waals surface area (Å²) in [4.78, 5) is 11.7. The molecule has 0 aliphatic heterocycles. The number of aliphatic hydroxyl groups excluding tert-OH is 1. The predicted molar refractivity (Wildman–Crippen MR) is 127 cm³/mol. The molecule has 2 aromatic rings. The van der Waals surface area contributed by atoms with E-state index in [1.54, 1.807) is 0 Å². The molecule has 33 heavy (non-hydrogen) atoms. The van der Waals surface area contributed by atoms with Gasteiger partial charge in [0.05, 0.1) is 12.1 Å². The number of aliphatic hydroxyl groups is 1. The smallest absolute Gasteiger partial charge is 0.217 e. The first-order valence-electron chi connectivity index (χ1n) is 11.8. The van der Waals surface area contributed by atoms with E-state index in [0.717, 1.165) is 31.7 Å². The van der Waals surface area contributed by atoms with Gasteiger partial charge < -0.3 is 15.7 Å². The third-order valence-electron chi connectivity index (χ3n) is 6.06. The minimum absolute atomic E-state index is 0.118. The highest BCUT2D eigenvalue weighted by Crippen LogP contribution is 2.32. The number of amides is 1. The highest BCUT2D eigenvalue weighted by Gasteiger charge is 2.25. The van der Waals surface area contributed by atoms with Crippen molar-refractivity contribution in [3.63, 3.8) is 0 Å². The topological polar surface area (TPSA) is 61.4 Å². The van der Waals surface area contributed by atoms with Gasteiger partial charge in [-0.3, -0.25) is 4.79 Å². The molecule has 0 fully saturated rings. The third kappa shape index (κ3) is 7.61. The van der Waals surface area contributed by atoms with E-state index in [1.807, 2.05) is 0 Å². The van der Waals surface area contributed by atoms with Crippen LogP contribution in [0, 0.1) is 17.0 Å². The van der Waals surface area contributed by atoms with Crippen LogP contribution in [0.5, 0.6) is 0 Å². The van der Waals surface area contributed by atoms with Crippen LogP contribution < -0.4 is 10.6 Å². The number of carbonyl (C=O) groups excluding carboxylic acids is 1. The number of benzene rings is 2. The molecule has 1 aliphatic carbocycles. The molecule has 3 unspecified atom stereocenters. The van der Waals surface area contributed by atoms with Crippen molar-refractivity contribution in [2.24, 2.45) is 5.41 Å². The molecule has 4 nitrogen and oxygen atoms in total. The fourth-order valence-electron chi connectivity index (χ4n) is 4.72. The van der Waals surface area contributed by atoms with Gasteiger partial charge in [0, 0.05) is 25.6 Å². The Morgan fingerprint density at radius 1 is 1.12 bits per heavy atom. The number of fused-ring (bicyclic) bond motifs is 1. The molecule has 3 N–H and O–H groups in total. The second kappa shape index (κ2) is 10.7. The monoisotopic (exact) mass is 458 g/mol. The maximum Gasteiger partial charge on any atom is 0.217 e. The molecule has 2 aromatic carbocycles. The summed E-state index contributed by atoms with van der Waals surface area (Å²) in [5.74, 6) is -1.65. The Kier molecular flexibility index (Phi) is 8.24. The molecule has 0 bridgehead atoms. The summed E-state index contributed by atoms with van der Waals surface area (Å²) in [6, 6.07) is 9.44. The van der Waals surface area contributed by atoms with E-state index in [-0.39, 0.29) is 30.3 Å². The Labute approximate surface area is 195 Å². The minimum atomic E-state index is -0.914. The van der Waals surface area contributed by atoms with Crippen molar-refractivity contribution in [1.82, 2.24) is 10.6 Å². The largest absolute Gasteiger partial charge is 0.390 e. The van der Waals surface area contributed by atoms with Crippen molar-refractivity contribution >= 4 is 5.91 Å². The van der Waals surface area contributed by atoms with E-state index in [9.17, 15) is 18.7 Å². The Morgan fingerprint density at radius 3 is 2.45 bits per heavy atom. The van der Waals surface area contributed by atoms with E-state index in [0.29, 0.717) is 5.56 Å². The summed E-state index contributed by atoms with van der Waals surface area (Å²) in [5, 5.41) is 17.1. The maximum atomic E-state index is 13.6. The summed E-state index contributed by atoms with van der Waals surface area (Å²) < 4.78 is 27.2. The molecular formula is C27H36F2N2O2. The molecule has 0 aromatic heterocycles. The lowest BCUT2D eigenvalue weighted by Crippen LogP contribution is -2.48. The molecule has 0 saturated carbocycles. The average Bonchev–Trinajstić information content (AvgIpc) is 2.69. The van der Waals surface area contributed by atoms with Crippen LogP contribution in [0.15, 0.2) is 36.4 Å². The fraction of sp³-hybridized carbons (Fsp3) is 0.519. The zero-order valence-corrected chi connectivity index (χ0v) is 20.1. The van der Waals surface area contributed by atoms with Crippen molar-refractivity contribution in [2.75, 3.05) is 6.54 Å². The number of nitrogens with one attached hydrogen (secondary N) is 2. The Morgan fingerprint density at radius 2 is 1.82 bits per heavy atom. The van der Waals surface area contributed by atoms with Gasteiger partial charge in [0.2, 0.25) is 5.91 Å². The van der Waals surface area contributed by atoms with Gasteiger partial charge in [-0.2, -0.15) is 0 Å². The normalized spacial score (nSPS) is 17.8. The second-order valence-corrected chi connectivity index (χ2v) is 10.5. The molecule has 0 spiro atoms. The van der Waals surface area contributed by atoms with Crippen molar-refractivity contribution < 1.29 is 18.7 Å². The quantitative estimate of drug-likeness (QED) is 0.541. The van der Waals surface area contributed by atoms with E-state index < -0.39 is 23.8 Å². The van der Waals surface area contributed by atoms with Gasteiger partial charge in [-0.15, -0.1) is 0 Å². The zero-order chi connectivity index (χ0) is 24.2. The second-order valence-electron chi connectivity index (χ2n) is 10.5. The standard InChI is InChI=1S/C27H36F2N2O2/c1-17(32)31-25(13-19-10-21(28)14-22(29)11-19)26(33)16-30-24-7-5-6-20-9-8-18(12-23(20)24)15-27(2,3)4/h8-12,14,24-26,30,33H,5-7,13,15-16H2,1-4H3,(H,31,32). The highest BCUT2D eigenvalue weighted by atomic mass is 19.1. The van der Waals surface area contributed by atoms with E-state index in [1.165, 1.54) is 35.7 Å². The lowest BCUT2D eigenvalue weighted by molar-refractivity contribution is -0.120. The SMILES string of the molecule is CC(=O)NC(Cc1cc(F)cc(F)c1)C(O)CNC1CCCc2ccc(CC(C)(C)C)cc21. The van der Waals surface area contributed by atoms with Gasteiger partial charge in [-0.25, -0.2) is 8.78 Å². The molecule has 1 amide bonds. The molecule has 0 heterocycles. The number of halogens is 2. The van der Waals surface area contributed by atoms with Crippen LogP contribution in [0.2, 0.25) is 0 Å². The van der Waals surface area contributed by atoms with Gasteiger partial charge in [0.25, 0.3) is 0 Å². The fourth-order valence-corrected chi connectivity index (χ4v) is 4.72.